The third-order valence-corrected chi connectivity index (χ3v) is 5.05. The van der Waals surface area contributed by atoms with Crippen LogP contribution < -0.4 is 20.1 Å². The molecule has 0 aliphatic heterocycles. The second kappa shape index (κ2) is 10.9. The van der Waals surface area contributed by atoms with E-state index >= 15 is 0 Å². The SMILES string of the molecule is CCOc1c(Cl)cc(C(=O)OCC(=O)NC(=O)N[C@H]2CCCC[C@H]2C)cc1OC. The zero-order chi connectivity index (χ0) is 21.4. The van der Waals surface area contributed by atoms with E-state index in [-0.39, 0.29) is 22.4 Å². The van der Waals surface area contributed by atoms with E-state index in [9.17, 15) is 14.4 Å². The van der Waals surface area contributed by atoms with Gasteiger partial charge in [-0.2, -0.15) is 0 Å². The van der Waals surface area contributed by atoms with Crippen molar-refractivity contribution in [2.75, 3.05) is 20.3 Å². The van der Waals surface area contributed by atoms with E-state index in [0.29, 0.717) is 18.3 Å². The highest BCUT2D eigenvalue weighted by atomic mass is 35.5. The Labute approximate surface area is 175 Å². The minimum atomic E-state index is -0.773. The van der Waals surface area contributed by atoms with Gasteiger partial charge in [0.2, 0.25) is 0 Å². The summed E-state index contributed by atoms with van der Waals surface area (Å²) in [7, 11) is 1.42. The molecule has 1 aromatic rings. The summed E-state index contributed by atoms with van der Waals surface area (Å²) in [5, 5.41) is 5.16. The number of hydrogen-bond acceptors (Lipinski definition) is 6. The van der Waals surface area contributed by atoms with Crippen molar-refractivity contribution in [1.29, 1.82) is 0 Å². The van der Waals surface area contributed by atoms with Gasteiger partial charge in [-0.15, -0.1) is 0 Å². The fourth-order valence-corrected chi connectivity index (χ4v) is 3.50. The molecule has 29 heavy (non-hydrogen) atoms. The van der Waals surface area contributed by atoms with Crippen LogP contribution in [0.1, 0.15) is 49.9 Å². The quantitative estimate of drug-likeness (QED) is 0.648. The minimum absolute atomic E-state index is 0.0394. The molecule has 0 unspecified atom stereocenters. The number of amides is 3. The van der Waals surface area contributed by atoms with Gasteiger partial charge in [0.1, 0.15) is 0 Å². The Hall–Kier alpha value is -2.48. The smallest absolute Gasteiger partial charge is 0.338 e. The molecule has 1 saturated carbocycles. The Bertz CT molecular complexity index is 755. The lowest BCUT2D eigenvalue weighted by Gasteiger charge is -2.29. The molecule has 0 aromatic heterocycles. The van der Waals surface area contributed by atoms with Gasteiger partial charge < -0.3 is 19.5 Å². The average molecular weight is 427 g/mol. The number of carbonyl (C=O) groups excluding carboxylic acids is 3. The molecule has 0 heterocycles. The van der Waals surface area contributed by atoms with Gasteiger partial charge in [0.15, 0.2) is 18.1 Å². The summed E-state index contributed by atoms with van der Waals surface area (Å²) in [6.07, 6.45) is 4.13. The summed E-state index contributed by atoms with van der Waals surface area (Å²) in [6, 6.07) is 2.23. The van der Waals surface area contributed by atoms with Crippen molar-refractivity contribution >= 4 is 29.5 Å². The third-order valence-electron chi connectivity index (χ3n) is 4.77. The molecule has 160 valence electrons. The van der Waals surface area contributed by atoms with Crippen molar-refractivity contribution in [2.45, 2.75) is 45.6 Å². The first kappa shape index (κ1) is 22.8. The number of benzene rings is 1. The van der Waals surface area contributed by atoms with Crippen molar-refractivity contribution in [1.82, 2.24) is 10.6 Å². The summed E-state index contributed by atoms with van der Waals surface area (Å²) >= 11 is 6.13. The average Bonchev–Trinajstić information content (AvgIpc) is 2.69. The molecular weight excluding hydrogens is 400 g/mol. The summed E-state index contributed by atoms with van der Waals surface area (Å²) in [5.74, 6) is -0.536. The molecule has 1 aromatic carbocycles. The maximum Gasteiger partial charge on any atom is 0.338 e. The molecule has 9 heteroatoms. The standard InChI is InChI=1S/C20H27ClN2O6/c1-4-28-18-14(21)9-13(10-16(18)27-3)19(25)29-11-17(24)23-20(26)22-15-8-6-5-7-12(15)2/h9-10,12,15H,4-8,11H2,1-3H3,(H2,22,23,24,26)/t12-,15+/m1/s1. The first-order chi connectivity index (χ1) is 13.8. The van der Waals surface area contributed by atoms with E-state index in [2.05, 4.69) is 17.6 Å². The number of rotatable bonds is 7. The van der Waals surface area contributed by atoms with Crippen LogP contribution in [0.5, 0.6) is 11.5 Å². The van der Waals surface area contributed by atoms with Crippen molar-refractivity contribution in [3.8, 4) is 11.5 Å². The van der Waals surface area contributed by atoms with E-state index in [1.165, 1.54) is 19.2 Å². The Morgan fingerprint density at radius 3 is 2.59 bits per heavy atom. The highest BCUT2D eigenvalue weighted by molar-refractivity contribution is 6.32. The Morgan fingerprint density at radius 1 is 1.21 bits per heavy atom. The van der Waals surface area contributed by atoms with Crippen molar-refractivity contribution < 1.29 is 28.6 Å². The normalized spacial score (nSPS) is 18.5. The molecule has 3 amide bonds. The van der Waals surface area contributed by atoms with Gasteiger partial charge in [0, 0.05) is 6.04 Å². The van der Waals surface area contributed by atoms with Gasteiger partial charge in [-0.3, -0.25) is 10.1 Å². The highest BCUT2D eigenvalue weighted by Gasteiger charge is 2.24. The van der Waals surface area contributed by atoms with E-state index in [1.54, 1.807) is 6.92 Å². The third kappa shape index (κ3) is 6.52. The van der Waals surface area contributed by atoms with Crippen LogP contribution in [0, 0.1) is 5.92 Å². The second-order valence-electron chi connectivity index (χ2n) is 6.89. The molecule has 1 aliphatic rings. The number of methoxy groups -OCH3 is 1. The Balaban J connectivity index is 1.87. The van der Waals surface area contributed by atoms with E-state index in [4.69, 9.17) is 25.8 Å². The molecule has 0 radical (unpaired) electrons. The summed E-state index contributed by atoms with van der Waals surface area (Å²) in [5.41, 5.74) is 0.101. The zero-order valence-electron chi connectivity index (χ0n) is 16.9. The van der Waals surface area contributed by atoms with Crippen LogP contribution in [0.25, 0.3) is 0 Å². The van der Waals surface area contributed by atoms with Crippen LogP contribution in [-0.2, 0) is 9.53 Å². The first-order valence-electron chi connectivity index (χ1n) is 9.63. The van der Waals surface area contributed by atoms with Crippen LogP contribution in [0.3, 0.4) is 0 Å². The van der Waals surface area contributed by atoms with Gasteiger partial charge in [-0.05, 0) is 37.8 Å². The van der Waals surface area contributed by atoms with Gasteiger partial charge >= 0.3 is 12.0 Å². The molecule has 8 nitrogen and oxygen atoms in total. The number of urea groups is 1. The number of esters is 1. The maximum atomic E-state index is 12.2. The topological polar surface area (TPSA) is 103 Å². The van der Waals surface area contributed by atoms with Crippen LogP contribution in [0.15, 0.2) is 12.1 Å². The van der Waals surface area contributed by atoms with Gasteiger partial charge in [-0.25, -0.2) is 9.59 Å². The fraction of sp³-hybridized carbons (Fsp3) is 0.550. The van der Waals surface area contributed by atoms with Crippen LogP contribution >= 0.6 is 11.6 Å². The van der Waals surface area contributed by atoms with E-state index < -0.39 is 24.5 Å². The summed E-state index contributed by atoms with van der Waals surface area (Å²) in [4.78, 5) is 36.1. The lowest BCUT2D eigenvalue weighted by atomic mass is 9.86. The molecule has 0 spiro atoms. The lowest BCUT2D eigenvalue weighted by Crippen LogP contribution is -2.48. The molecule has 2 N–H and O–H groups in total. The zero-order valence-corrected chi connectivity index (χ0v) is 17.6. The van der Waals surface area contributed by atoms with Crippen molar-refractivity contribution in [3.63, 3.8) is 0 Å². The molecule has 0 saturated heterocycles. The minimum Gasteiger partial charge on any atom is -0.493 e. The number of halogens is 1. The van der Waals surface area contributed by atoms with Gasteiger partial charge in [-0.1, -0.05) is 31.4 Å². The fourth-order valence-electron chi connectivity index (χ4n) is 3.23. The Kier molecular flexibility index (Phi) is 8.57. The van der Waals surface area contributed by atoms with Crippen molar-refractivity contribution in [2.24, 2.45) is 5.92 Å². The van der Waals surface area contributed by atoms with Crippen LogP contribution in [-0.4, -0.2) is 44.3 Å². The summed E-state index contributed by atoms with van der Waals surface area (Å²) < 4.78 is 15.5. The number of imide groups is 1. The predicted octanol–water partition coefficient (Wildman–Crippen LogP) is 3.31. The van der Waals surface area contributed by atoms with Crippen molar-refractivity contribution in [3.05, 3.63) is 22.7 Å². The van der Waals surface area contributed by atoms with E-state index in [0.717, 1.165) is 25.7 Å². The molecular formula is C20H27ClN2O6. The summed E-state index contributed by atoms with van der Waals surface area (Å²) in [6.45, 7) is 3.65. The first-order valence-corrected chi connectivity index (χ1v) is 10.0. The molecule has 2 rings (SSSR count). The monoisotopic (exact) mass is 426 g/mol. The Morgan fingerprint density at radius 2 is 1.93 bits per heavy atom. The highest BCUT2D eigenvalue weighted by Crippen LogP contribution is 2.36. The molecule has 1 fully saturated rings. The predicted molar refractivity (Wildman–Crippen MR) is 108 cm³/mol. The maximum absolute atomic E-state index is 12.2. The number of carbonyl (C=O) groups is 3. The van der Waals surface area contributed by atoms with Gasteiger partial charge in [0.05, 0.1) is 24.3 Å². The second-order valence-corrected chi connectivity index (χ2v) is 7.30. The number of ether oxygens (including phenoxy) is 3. The number of nitrogens with one attached hydrogen (secondary N) is 2. The molecule has 1 aliphatic carbocycles. The molecule has 0 bridgehead atoms. The van der Waals surface area contributed by atoms with E-state index in [1.807, 2.05) is 0 Å². The number of hydrogen-bond donors (Lipinski definition) is 2. The largest absolute Gasteiger partial charge is 0.493 e. The van der Waals surface area contributed by atoms with Gasteiger partial charge in [0.25, 0.3) is 5.91 Å². The van der Waals surface area contributed by atoms with Crippen LogP contribution in [0.4, 0.5) is 4.79 Å². The lowest BCUT2D eigenvalue weighted by molar-refractivity contribution is -0.123. The molecule has 2 atom stereocenters. The van der Waals surface area contributed by atoms with Crippen LogP contribution in [0.2, 0.25) is 5.02 Å².